The molecule has 0 spiro atoms. The van der Waals surface area contributed by atoms with E-state index in [1.807, 2.05) is 54.9 Å². The number of para-hydroxylation sites is 1. The molecule has 0 atom stereocenters. The van der Waals surface area contributed by atoms with Gasteiger partial charge in [-0.3, -0.25) is 9.98 Å². The van der Waals surface area contributed by atoms with Crippen LogP contribution in [-0.4, -0.2) is 17.7 Å². The number of benzene rings is 2. The molecule has 2 heterocycles. The summed E-state index contributed by atoms with van der Waals surface area (Å²) in [5, 5.41) is 0. The van der Waals surface area contributed by atoms with Gasteiger partial charge in [0.1, 0.15) is 12.4 Å². The third-order valence-electron chi connectivity index (χ3n) is 4.19. The van der Waals surface area contributed by atoms with E-state index in [-0.39, 0.29) is 0 Å². The predicted octanol–water partition coefficient (Wildman–Crippen LogP) is 4.30. The molecule has 118 valence electrons. The molecule has 1 aliphatic heterocycles. The summed E-state index contributed by atoms with van der Waals surface area (Å²) in [6.45, 7) is 1.37. The highest BCUT2D eigenvalue weighted by Crippen LogP contribution is 2.33. The van der Waals surface area contributed by atoms with Crippen LogP contribution in [0.2, 0.25) is 0 Å². The van der Waals surface area contributed by atoms with E-state index in [0.717, 1.165) is 46.7 Å². The van der Waals surface area contributed by atoms with Gasteiger partial charge in [-0.25, -0.2) is 0 Å². The van der Waals surface area contributed by atoms with Crippen molar-refractivity contribution in [1.29, 1.82) is 0 Å². The molecule has 0 N–H and O–H groups in total. The first kappa shape index (κ1) is 14.6. The van der Waals surface area contributed by atoms with Crippen LogP contribution in [0.3, 0.4) is 0 Å². The minimum atomic E-state index is 0.555. The van der Waals surface area contributed by atoms with Crippen molar-refractivity contribution in [2.24, 2.45) is 4.99 Å². The molecule has 0 saturated heterocycles. The Hall–Kier alpha value is -2.94. The van der Waals surface area contributed by atoms with Crippen molar-refractivity contribution < 1.29 is 4.74 Å². The fourth-order valence-electron chi connectivity index (χ4n) is 2.97. The van der Waals surface area contributed by atoms with Crippen molar-refractivity contribution in [3.8, 4) is 16.9 Å². The molecule has 0 saturated carbocycles. The molecule has 0 radical (unpaired) electrons. The third-order valence-corrected chi connectivity index (χ3v) is 4.19. The Morgan fingerprint density at radius 2 is 1.71 bits per heavy atom. The number of ether oxygens (including phenoxy) is 1. The van der Waals surface area contributed by atoms with Crippen molar-refractivity contribution in [2.45, 2.75) is 13.0 Å². The largest absolute Gasteiger partial charge is 0.488 e. The van der Waals surface area contributed by atoms with Crippen LogP contribution >= 0.6 is 0 Å². The normalized spacial score (nSPS) is 12.7. The van der Waals surface area contributed by atoms with Crippen molar-refractivity contribution in [2.75, 3.05) is 6.54 Å². The van der Waals surface area contributed by atoms with Gasteiger partial charge in [0.2, 0.25) is 0 Å². The highest BCUT2D eigenvalue weighted by molar-refractivity contribution is 5.93. The molecule has 0 bridgehead atoms. The lowest BCUT2D eigenvalue weighted by Crippen LogP contribution is -2.07. The van der Waals surface area contributed by atoms with E-state index < -0.39 is 0 Å². The average Bonchev–Trinajstić information content (AvgIpc) is 2.67. The minimum absolute atomic E-state index is 0.555. The van der Waals surface area contributed by atoms with Gasteiger partial charge in [0.25, 0.3) is 0 Å². The van der Waals surface area contributed by atoms with Gasteiger partial charge in [-0.05, 0) is 23.3 Å². The third kappa shape index (κ3) is 2.93. The zero-order valence-electron chi connectivity index (χ0n) is 13.4. The molecule has 0 unspecified atom stereocenters. The Balaban J connectivity index is 1.69. The lowest BCUT2D eigenvalue weighted by molar-refractivity contribution is 0.307. The van der Waals surface area contributed by atoms with Gasteiger partial charge in [-0.15, -0.1) is 0 Å². The topological polar surface area (TPSA) is 34.5 Å². The summed E-state index contributed by atoms with van der Waals surface area (Å²) in [4.78, 5) is 8.92. The molecule has 24 heavy (non-hydrogen) atoms. The van der Waals surface area contributed by atoms with Gasteiger partial charge < -0.3 is 4.74 Å². The van der Waals surface area contributed by atoms with Crippen LogP contribution in [0.5, 0.6) is 5.75 Å². The highest BCUT2D eigenvalue weighted by atomic mass is 16.5. The standard InChI is InChI=1S/C21H18N2O/c1-2-6-16(7-3-1)15-24-21-9-5-4-8-18(21)17-10-13-23-20-11-12-22-14-19(17)20/h1-10,13-14H,11-12,15H2. The Labute approximate surface area is 141 Å². The van der Waals surface area contributed by atoms with Crippen molar-refractivity contribution in [3.05, 3.63) is 83.7 Å². The summed E-state index contributed by atoms with van der Waals surface area (Å²) < 4.78 is 6.10. The molecule has 2 aromatic carbocycles. The molecular formula is C21H18N2O. The summed E-state index contributed by atoms with van der Waals surface area (Å²) >= 11 is 0. The number of hydrogen-bond acceptors (Lipinski definition) is 3. The number of nitrogens with zero attached hydrogens (tertiary/aromatic N) is 2. The van der Waals surface area contributed by atoms with E-state index in [1.165, 1.54) is 0 Å². The Morgan fingerprint density at radius 1 is 0.875 bits per heavy atom. The molecule has 3 nitrogen and oxygen atoms in total. The van der Waals surface area contributed by atoms with Gasteiger partial charge in [0.15, 0.2) is 0 Å². The number of fused-ring (bicyclic) bond motifs is 1. The quantitative estimate of drug-likeness (QED) is 0.719. The van der Waals surface area contributed by atoms with Crippen LogP contribution < -0.4 is 4.74 Å². The predicted molar refractivity (Wildman–Crippen MR) is 96.6 cm³/mol. The van der Waals surface area contributed by atoms with Crippen molar-refractivity contribution in [3.63, 3.8) is 0 Å². The number of aliphatic imine (C=N–C) groups is 1. The van der Waals surface area contributed by atoms with Gasteiger partial charge >= 0.3 is 0 Å². The maximum Gasteiger partial charge on any atom is 0.127 e. The number of aromatic nitrogens is 1. The molecule has 3 aromatic rings. The fraction of sp³-hybridized carbons (Fsp3) is 0.143. The van der Waals surface area contributed by atoms with Gasteiger partial charge in [-0.1, -0.05) is 48.5 Å². The molecule has 1 aliphatic rings. The molecular weight excluding hydrogens is 296 g/mol. The van der Waals surface area contributed by atoms with Crippen LogP contribution in [-0.2, 0) is 13.0 Å². The number of hydrogen-bond donors (Lipinski definition) is 0. The maximum absolute atomic E-state index is 6.10. The van der Waals surface area contributed by atoms with E-state index in [0.29, 0.717) is 6.61 Å². The zero-order valence-corrected chi connectivity index (χ0v) is 13.4. The maximum atomic E-state index is 6.10. The molecule has 0 amide bonds. The fourth-order valence-corrected chi connectivity index (χ4v) is 2.97. The monoisotopic (exact) mass is 314 g/mol. The van der Waals surface area contributed by atoms with Gasteiger partial charge in [-0.2, -0.15) is 0 Å². The van der Waals surface area contributed by atoms with Crippen molar-refractivity contribution in [1.82, 2.24) is 4.98 Å². The summed E-state index contributed by atoms with van der Waals surface area (Å²) in [5.74, 6) is 0.883. The molecule has 3 heteroatoms. The number of pyridine rings is 1. The Morgan fingerprint density at radius 3 is 2.62 bits per heavy atom. The summed E-state index contributed by atoms with van der Waals surface area (Å²) in [7, 11) is 0. The van der Waals surface area contributed by atoms with Crippen LogP contribution in [0.1, 0.15) is 16.8 Å². The van der Waals surface area contributed by atoms with E-state index in [9.17, 15) is 0 Å². The summed E-state index contributed by atoms with van der Waals surface area (Å²) in [6.07, 6.45) is 4.71. The number of rotatable bonds is 4. The van der Waals surface area contributed by atoms with E-state index in [4.69, 9.17) is 4.74 Å². The zero-order chi connectivity index (χ0) is 16.2. The second kappa shape index (κ2) is 6.67. The van der Waals surface area contributed by atoms with Crippen LogP contribution in [0.25, 0.3) is 11.1 Å². The van der Waals surface area contributed by atoms with Crippen LogP contribution in [0.4, 0.5) is 0 Å². The first-order valence-electron chi connectivity index (χ1n) is 8.15. The first-order valence-corrected chi connectivity index (χ1v) is 8.15. The van der Waals surface area contributed by atoms with E-state index in [1.54, 1.807) is 0 Å². The Bertz CT molecular complexity index is 872. The van der Waals surface area contributed by atoms with Gasteiger partial charge in [0.05, 0.1) is 5.69 Å². The lowest BCUT2D eigenvalue weighted by atomic mass is 9.97. The van der Waals surface area contributed by atoms with Gasteiger partial charge in [0, 0.05) is 36.5 Å². The average molecular weight is 314 g/mol. The summed E-state index contributed by atoms with van der Waals surface area (Å²) in [5.41, 5.74) is 5.60. The van der Waals surface area contributed by atoms with E-state index in [2.05, 4.69) is 28.2 Å². The molecule has 0 aliphatic carbocycles. The smallest absolute Gasteiger partial charge is 0.127 e. The SMILES string of the molecule is C1=NCCc2nccc(-c3ccccc3OCc3ccccc3)c21. The van der Waals surface area contributed by atoms with Crippen LogP contribution in [0, 0.1) is 0 Å². The second-order valence-electron chi connectivity index (χ2n) is 5.77. The highest BCUT2D eigenvalue weighted by Gasteiger charge is 2.15. The molecule has 4 rings (SSSR count). The second-order valence-corrected chi connectivity index (χ2v) is 5.77. The lowest BCUT2D eigenvalue weighted by Gasteiger charge is -2.16. The molecule has 1 aromatic heterocycles. The minimum Gasteiger partial charge on any atom is -0.488 e. The molecule has 0 fully saturated rings. The van der Waals surface area contributed by atoms with E-state index >= 15 is 0 Å². The van der Waals surface area contributed by atoms with Crippen LogP contribution in [0.15, 0.2) is 71.9 Å². The first-order chi connectivity index (χ1) is 11.9. The summed E-state index contributed by atoms with van der Waals surface area (Å²) in [6, 6.07) is 20.4. The van der Waals surface area contributed by atoms with Crippen molar-refractivity contribution >= 4 is 6.21 Å². The Kier molecular flexibility index (Phi) is 4.07.